The molecule has 0 bridgehead atoms. The third-order valence-electron chi connectivity index (χ3n) is 2.62. The summed E-state index contributed by atoms with van der Waals surface area (Å²) >= 11 is 0. The lowest BCUT2D eigenvalue weighted by Crippen LogP contribution is -2.47. The van der Waals surface area contributed by atoms with E-state index in [4.69, 9.17) is 9.47 Å². The van der Waals surface area contributed by atoms with Crippen LogP contribution in [0, 0.1) is 0 Å². The standard InChI is InChI=1S/C12H21NO3/c1-4-15-12(14)6-5-7-13-8-11(3)16-9-10(13)2/h5-6,10-11H,4,7-9H2,1-3H3/b6-5+. The highest BCUT2D eigenvalue weighted by molar-refractivity contribution is 5.81. The molecule has 0 aromatic rings. The summed E-state index contributed by atoms with van der Waals surface area (Å²) in [6, 6.07) is 0.406. The van der Waals surface area contributed by atoms with Gasteiger partial charge in [-0.2, -0.15) is 0 Å². The Morgan fingerprint density at radius 3 is 3.00 bits per heavy atom. The maximum absolute atomic E-state index is 11.1. The number of ether oxygens (including phenoxy) is 2. The molecule has 4 heteroatoms. The Bertz CT molecular complexity index is 253. The van der Waals surface area contributed by atoms with E-state index in [1.165, 1.54) is 6.08 Å². The van der Waals surface area contributed by atoms with Gasteiger partial charge in [-0.25, -0.2) is 4.79 Å². The van der Waals surface area contributed by atoms with Gasteiger partial charge in [0.15, 0.2) is 0 Å². The topological polar surface area (TPSA) is 38.8 Å². The highest BCUT2D eigenvalue weighted by atomic mass is 16.5. The summed E-state index contributed by atoms with van der Waals surface area (Å²) in [6.45, 7) is 8.86. The number of rotatable bonds is 4. The van der Waals surface area contributed by atoms with E-state index >= 15 is 0 Å². The van der Waals surface area contributed by atoms with Crippen LogP contribution in [0.4, 0.5) is 0 Å². The Hall–Kier alpha value is -0.870. The van der Waals surface area contributed by atoms with Crippen molar-refractivity contribution < 1.29 is 14.3 Å². The predicted octanol–water partition coefficient (Wildman–Crippen LogP) is 1.21. The van der Waals surface area contributed by atoms with E-state index in [9.17, 15) is 4.79 Å². The molecule has 1 aliphatic heterocycles. The number of carbonyl (C=O) groups is 1. The van der Waals surface area contributed by atoms with Gasteiger partial charge < -0.3 is 9.47 Å². The molecule has 0 amide bonds. The number of morpholine rings is 1. The van der Waals surface area contributed by atoms with E-state index in [0.717, 1.165) is 19.7 Å². The molecule has 16 heavy (non-hydrogen) atoms. The maximum atomic E-state index is 11.1. The molecule has 2 atom stereocenters. The van der Waals surface area contributed by atoms with Crippen molar-refractivity contribution in [3.8, 4) is 0 Å². The minimum atomic E-state index is -0.267. The average Bonchev–Trinajstić information content (AvgIpc) is 2.23. The van der Waals surface area contributed by atoms with Crippen LogP contribution in [-0.4, -0.2) is 49.3 Å². The molecule has 0 spiro atoms. The highest BCUT2D eigenvalue weighted by Crippen LogP contribution is 2.10. The summed E-state index contributed by atoms with van der Waals surface area (Å²) in [7, 11) is 0. The van der Waals surface area contributed by atoms with E-state index in [0.29, 0.717) is 12.6 Å². The van der Waals surface area contributed by atoms with Gasteiger partial charge in [-0.15, -0.1) is 0 Å². The van der Waals surface area contributed by atoms with Gasteiger partial charge in [-0.05, 0) is 20.8 Å². The summed E-state index contributed by atoms with van der Waals surface area (Å²) in [4.78, 5) is 13.4. The Kier molecular flexibility index (Phi) is 5.49. The van der Waals surface area contributed by atoms with Crippen LogP contribution in [0.2, 0.25) is 0 Å². The van der Waals surface area contributed by atoms with Gasteiger partial charge in [0.2, 0.25) is 0 Å². The molecular weight excluding hydrogens is 206 g/mol. The molecule has 0 aliphatic carbocycles. The van der Waals surface area contributed by atoms with Crippen LogP contribution in [0.5, 0.6) is 0 Å². The molecule has 0 saturated carbocycles. The first-order valence-corrected chi connectivity index (χ1v) is 5.82. The van der Waals surface area contributed by atoms with Gasteiger partial charge in [-0.1, -0.05) is 6.08 Å². The second-order valence-electron chi connectivity index (χ2n) is 4.10. The van der Waals surface area contributed by atoms with E-state index in [2.05, 4.69) is 18.7 Å². The molecule has 0 aromatic heterocycles. The lowest BCUT2D eigenvalue weighted by molar-refractivity contribution is -0.137. The van der Waals surface area contributed by atoms with Crippen molar-refractivity contribution in [1.29, 1.82) is 0 Å². The lowest BCUT2D eigenvalue weighted by Gasteiger charge is -2.35. The first-order chi connectivity index (χ1) is 7.63. The zero-order chi connectivity index (χ0) is 12.0. The fourth-order valence-electron chi connectivity index (χ4n) is 1.70. The summed E-state index contributed by atoms with van der Waals surface area (Å²) < 4.78 is 10.3. The maximum Gasteiger partial charge on any atom is 0.330 e. The largest absolute Gasteiger partial charge is 0.463 e. The Morgan fingerprint density at radius 2 is 2.31 bits per heavy atom. The van der Waals surface area contributed by atoms with Crippen molar-refractivity contribution in [2.24, 2.45) is 0 Å². The van der Waals surface area contributed by atoms with Crippen LogP contribution in [0.1, 0.15) is 20.8 Å². The molecule has 2 unspecified atom stereocenters. The number of esters is 1. The van der Waals surface area contributed by atoms with Crippen molar-refractivity contribution in [1.82, 2.24) is 4.90 Å². The van der Waals surface area contributed by atoms with Gasteiger partial charge in [-0.3, -0.25) is 4.90 Å². The van der Waals surface area contributed by atoms with E-state index in [1.807, 2.05) is 6.08 Å². The first kappa shape index (κ1) is 13.2. The molecule has 1 aliphatic rings. The molecule has 0 N–H and O–H groups in total. The zero-order valence-electron chi connectivity index (χ0n) is 10.3. The molecule has 92 valence electrons. The lowest BCUT2D eigenvalue weighted by atomic mass is 10.2. The van der Waals surface area contributed by atoms with Crippen LogP contribution >= 0.6 is 0 Å². The van der Waals surface area contributed by atoms with Crippen LogP contribution in [0.15, 0.2) is 12.2 Å². The van der Waals surface area contributed by atoms with Crippen molar-refractivity contribution in [2.45, 2.75) is 32.9 Å². The molecule has 4 nitrogen and oxygen atoms in total. The normalized spacial score (nSPS) is 27.2. The zero-order valence-corrected chi connectivity index (χ0v) is 10.3. The minimum absolute atomic E-state index is 0.267. The fourth-order valence-corrected chi connectivity index (χ4v) is 1.70. The summed E-state index contributed by atoms with van der Waals surface area (Å²) in [5, 5.41) is 0. The van der Waals surface area contributed by atoms with Gasteiger partial charge in [0.1, 0.15) is 0 Å². The van der Waals surface area contributed by atoms with Gasteiger partial charge in [0.05, 0.1) is 19.3 Å². The summed E-state index contributed by atoms with van der Waals surface area (Å²) in [5.74, 6) is -0.267. The van der Waals surface area contributed by atoms with Crippen molar-refractivity contribution in [3.63, 3.8) is 0 Å². The highest BCUT2D eigenvalue weighted by Gasteiger charge is 2.21. The van der Waals surface area contributed by atoms with E-state index < -0.39 is 0 Å². The third-order valence-corrected chi connectivity index (χ3v) is 2.62. The van der Waals surface area contributed by atoms with Crippen LogP contribution < -0.4 is 0 Å². The Labute approximate surface area is 97.2 Å². The van der Waals surface area contributed by atoms with Crippen molar-refractivity contribution in [3.05, 3.63) is 12.2 Å². The van der Waals surface area contributed by atoms with E-state index in [1.54, 1.807) is 6.92 Å². The Balaban J connectivity index is 2.32. The second-order valence-corrected chi connectivity index (χ2v) is 4.10. The van der Waals surface area contributed by atoms with E-state index in [-0.39, 0.29) is 12.1 Å². The molecule has 0 aromatic carbocycles. The molecule has 0 radical (unpaired) electrons. The average molecular weight is 227 g/mol. The Morgan fingerprint density at radius 1 is 1.56 bits per heavy atom. The van der Waals surface area contributed by atoms with Crippen LogP contribution in [-0.2, 0) is 14.3 Å². The summed E-state index contributed by atoms with van der Waals surface area (Å²) in [6.07, 6.45) is 3.62. The number of nitrogens with zero attached hydrogens (tertiary/aromatic N) is 1. The monoisotopic (exact) mass is 227 g/mol. The smallest absolute Gasteiger partial charge is 0.330 e. The van der Waals surface area contributed by atoms with Gasteiger partial charge in [0, 0.05) is 25.2 Å². The number of carbonyl (C=O) groups excluding carboxylic acids is 1. The molecule has 1 fully saturated rings. The third kappa shape index (κ3) is 4.33. The quantitative estimate of drug-likeness (QED) is 0.534. The first-order valence-electron chi connectivity index (χ1n) is 5.82. The molecule has 1 saturated heterocycles. The molecule has 1 rings (SSSR count). The summed E-state index contributed by atoms with van der Waals surface area (Å²) in [5.41, 5.74) is 0. The fraction of sp³-hybridized carbons (Fsp3) is 0.750. The van der Waals surface area contributed by atoms with Crippen LogP contribution in [0.25, 0.3) is 0 Å². The van der Waals surface area contributed by atoms with Crippen molar-refractivity contribution >= 4 is 5.97 Å². The van der Waals surface area contributed by atoms with Gasteiger partial charge in [0.25, 0.3) is 0 Å². The second kappa shape index (κ2) is 6.66. The predicted molar refractivity (Wildman–Crippen MR) is 62.2 cm³/mol. The molecule has 1 heterocycles. The van der Waals surface area contributed by atoms with Crippen LogP contribution in [0.3, 0.4) is 0 Å². The SMILES string of the molecule is CCOC(=O)/C=C/CN1CC(C)OCC1C. The minimum Gasteiger partial charge on any atom is -0.463 e. The number of hydrogen-bond acceptors (Lipinski definition) is 4. The van der Waals surface area contributed by atoms with Crippen molar-refractivity contribution in [2.75, 3.05) is 26.3 Å². The number of hydrogen-bond donors (Lipinski definition) is 0. The molecular formula is C12H21NO3. The van der Waals surface area contributed by atoms with Gasteiger partial charge >= 0.3 is 5.97 Å².